The molecular weight excluding hydrogens is 364 g/mol. The number of benzene rings is 1. The summed E-state index contributed by atoms with van der Waals surface area (Å²) in [5.74, 6) is -1.88. The van der Waals surface area contributed by atoms with Crippen LogP contribution in [0.3, 0.4) is 0 Å². The zero-order valence-electron chi connectivity index (χ0n) is 14.2. The van der Waals surface area contributed by atoms with Crippen molar-refractivity contribution in [2.75, 3.05) is 24.5 Å². The van der Waals surface area contributed by atoms with Crippen molar-refractivity contribution in [1.29, 1.82) is 0 Å². The van der Waals surface area contributed by atoms with E-state index in [0.29, 0.717) is 24.9 Å². The second kappa shape index (κ2) is 7.12. The molecule has 0 bridgehead atoms. The summed E-state index contributed by atoms with van der Waals surface area (Å²) in [7, 11) is 0. The van der Waals surface area contributed by atoms with Gasteiger partial charge in [-0.3, -0.25) is 9.59 Å². The van der Waals surface area contributed by atoms with Crippen molar-refractivity contribution in [2.45, 2.75) is 25.3 Å². The maximum Gasteiger partial charge on any atom is 0.228 e. The number of fused-ring (bicyclic) bond motifs is 1. The topological polar surface area (TPSA) is 66.6 Å². The van der Waals surface area contributed by atoms with Gasteiger partial charge in [0.05, 0.1) is 5.92 Å². The molecule has 4 unspecified atom stereocenters. The van der Waals surface area contributed by atoms with Gasteiger partial charge < -0.3 is 15.5 Å². The molecule has 5 nitrogen and oxygen atoms in total. The van der Waals surface area contributed by atoms with Crippen molar-refractivity contribution in [1.82, 2.24) is 4.90 Å². The third kappa shape index (κ3) is 3.07. The molecule has 1 aliphatic carbocycles. The Bertz CT molecular complexity index is 712. The van der Waals surface area contributed by atoms with Crippen LogP contribution in [0.4, 0.5) is 14.5 Å². The minimum Gasteiger partial charge on any atom is -0.342 e. The summed E-state index contributed by atoms with van der Waals surface area (Å²) >= 11 is 0. The minimum absolute atomic E-state index is 0. The molecular formula is C18H22ClF2N3O2. The number of nitrogens with zero attached hydrogens (tertiary/aromatic N) is 2. The molecule has 2 amide bonds. The first-order valence-electron chi connectivity index (χ1n) is 8.74. The van der Waals surface area contributed by atoms with Gasteiger partial charge in [0.1, 0.15) is 17.3 Å². The Morgan fingerprint density at radius 1 is 1.12 bits per heavy atom. The zero-order valence-corrected chi connectivity index (χ0v) is 15.1. The van der Waals surface area contributed by atoms with Crippen molar-refractivity contribution in [3.63, 3.8) is 0 Å². The third-order valence-corrected chi connectivity index (χ3v) is 5.91. The first kappa shape index (κ1) is 19.0. The van der Waals surface area contributed by atoms with Crippen LogP contribution in [-0.2, 0) is 9.59 Å². The van der Waals surface area contributed by atoms with E-state index in [1.807, 2.05) is 0 Å². The number of carbonyl (C=O) groups excluding carboxylic acids is 2. The van der Waals surface area contributed by atoms with Gasteiger partial charge in [0, 0.05) is 32.1 Å². The molecule has 8 heteroatoms. The van der Waals surface area contributed by atoms with E-state index in [1.165, 1.54) is 6.07 Å². The lowest BCUT2D eigenvalue weighted by atomic mass is 9.98. The van der Waals surface area contributed by atoms with Gasteiger partial charge in [0.2, 0.25) is 11.8 Å². The number of amides is 2. The summed E-state index contributed by atoms with van der Waals surface area (Å²) < 4.78 is 27.9. The predicted octanol–water partition coefficient (Wildman–Crippen LogP) is 1.94. The fraction of sp³-hybridized carbons (Fsp3) is 0.556. The molecule has 2 saturated heterocycles. The summed E-state index contributed by atoms with van der Waals surface area (Å²) in [5.41, 5.74) is 5.75. The smallest absolute Gasteiger partial charge is 0.228 e. The highest BCUT2D eigenvalue weighted by Crippen LogP contribution is 2.38. The number of carbonyl (C=O) groups is 2. The SMILES string of the molecule is Cl.NC1CCC2CN(C(=O)C3CC(=O)N(c4c(F)cccc4F)C3)CC12. The number of nitrogens with two attached hydrogens (primary N) is 1. The van der Waals surface area contributed by atoms with Gasteiger partial charge in [0.15, 0.2) is 0 Å². The molecule has 26 heavy (non-hydrogen) atoms. The number of rotatable bonds is 2. The molecule has 0 aromatic heterocycles. The van der Waals surface area contributed by atoms with E-state index in [2.05, 4.69) is 0 Å². The minimum atomic E-state index is -0.789. The van der Waals surface area contributed by atoms with E-state index in [0.717, 1.165) is 29.9 Å². The normalized spacial score (nSPS) is 30.5. The van der Waals surface area contributed by atoms with E-state index >= 15 is 0 Å². The fourth-order valence-corrected chi connectivity index (χ4v) is 4.58. The Morgan fingerprint density at radius 2 is 1.81 bits per heavy atom. The molecule has 0 spiro atoms. The fourth-order valence-electron chi connectivity index (χ4n) is 4.58. The van der Waals surface area contributed by atoms with E-state index < -0.39 is 23.5 Å². The highest BCUT2D eigenvalue weighted by molar-refractivity contribution is 6.00. The van der Waals surface area contributed by atoms with Crippen LogP contribution < -0.4 is 10.6 Å². The second-order valence-corrected chi connectivity index (χ2v) is 7.38. The van der Waals surface area contributed by atoms with Crippen LogP contribution in [0.2, 0.25) is 0 Å². The Balaban J connectivity index is 0.00000196. The lowest BCUT2D eigenvalue weighted by Crippen LogP contribution is -2.38. The standard InChI is InChI=1S/C18H21F2N3O2.ClH/c19-13-2-1-3-14(20)17(13)23-8-11(6-16(23)24)18(25)22-7-10-4-5-15(21)12(10)9-22;/h1-3,10-12,15H,4-9,21H2;1H. The molecule has 3 aliphatic rings. The van der Waals surface area contributed by atoms with E-state index in [1.54, 1.807) is 4.90 Å². The van der Waals surface area contributed by atoms with Crippen LogP contribution in [0.25, 0.3) is 0 Å². The number of anilines is 1. The van der Waals surface area contributed by atoms with Gasteiger partial charge in [-0.1, -0.05) is 6.07 Å². The molecule has 1 saturated carbocycles. The first-order valence-corrected chi connectivity index (χ1v) is 8.74. The van der Waals surface area contributed by atoms with E-state index in [4.69, 9.17) is 5.73 Å². The summed E-state index contributed by atoms with van der Waals surface area (Å²) in [6, 6.07) is 3.62. The Kier molecular flexibility index (Phi) is 5.21. The average Bonchev–Trinajstić information content (AvgIpc) is 3.24. The number of halogens is 3. The number of hydrogen-bond acceptors (Lipinski definition) is 3. The molecule has 2 N–H and O–H groups in total. The van der Waals surface area contributed by atoms with Crippen molar-refractivity contribution in [2.24, 2.45) is 23.5 Å². The summed E-state index contributed by atoms with van der Waals surface area (Å²) in [5, 5.41) is 0. The largest absolute Gasteiger partial charge is 0.342 e. The maximum atomic E-state index is 14.0. The molecule has 4 atom stereocenters. The van der Waals surface area contributed by atoms with Gasteiger partial charge in [-0.25, -0.2) is 8.78 Å². The summed E-state index contributed by atoms with van der Waals surface area (Å²) in [4.78, 5) is 27.9. The molecule has 1 aromatic rings. The van der Waals surface area contributed by atoms with Gasteiger partial charge in [-0.05, 0) is 36.8 Å². The van der Waals surface area contributed by atoms with Crippen LogP contribution in [0.5, 0.6) is 0 Å². The van der Waals surface area contributed by atoms with Gasteiger partial charge in [0.25, 0.3) is 0 Å². The predicted molar refractivity (Wildman–Crippen MR) is 94.8 cm³/mol. The molecule has 2 heterocycles. The maximum absolute atomic E-state index is 14.0. The Morgan fingerprint density at radius 3 is 2.46 bits per heavy atom. The van der Waals surface area contributed by atoms with Crippen molar-refractivity contribution in [3.05, 3.63) is 29.8 Å². The molecule has 3 fully saturated rings. The van der Waals surface area contributed by atoms with Crippen LogP contribution in [-0.4, -0.2) is 42.4 Å². The summed E-state index contributed by atoms with van der Waals surface area (Å²) in [6.07, 6.45) is 2.02. The highest BCUT2D eigenvalue weighted by atomic mass is 35.5. The van der Waals surface area contributed by atoms with Crippen LogP contribution in [0, 0.1) is 29.4 Å². The lowest BCUT2D eigenvalue weighted by molar-refractivity contribution is -0.135. The zero-order chi connectivity index (χ0) is 17.7. The van der Waals surface area contributed by atoms with Crippen molar-refractivity contribution >= 4 is 29.9 Å². The number of likely N-dealkylation sites (tertiary alicyclic amines) is 1. The van der Waals surface area contributed by atoms with E-state index in [9.17, 15) is 18.4 Å². The van der Waals surface area contributed by atoms with Crippen LogP contribution >= 0.6 is 12.4 Å². The average molecular weight is 386 g/mol. The Labute approximate surface area is 156 Å². The number of para-hydroxylation sites is 1. The summed E-state index contributed by atoms with van der Waals surface area (Å²) in [6.45, 7) is 1.33. The van der Waals surface area contributed by atoms with Crippen LogP contribution in [0.1, 0.15) is 19.3 Å². The molecule has 142 valence electrons. The monoisotopic (exact) mass is 385 g/mol. The van der Waals surface area contributed by atoms with Gasteiger partial charge in [-0.15, -0.1) is 12.4 Å². The quantitative estimate of drug-likeness (QED) is 0.846. The Hall–Kier alpha value is -1.73. The van der Waals surface area contributed by atoms with Crippen molar-refractivity contribution < 1.29 is 18.4 Å². The van der Waals surface area contributed by atoms with Gasteiger partial charge in [-0.2, -0.15) is 0 Å². The first-order chi connectivity index (χ1) is 12.0. The van der Waals surface area contributed by atoms with Crippen molar-refractivity contribution in [3.8, 4) is 0 Å². The number of hydrogen-bond donors (Lipinski definition) is 1. The van der Waals surface area contributed by atoms with E-state index in [-0.39, 0.29) is 43.0 Å². The molecule has 0 radical (unpaired) electrons. The lowest BCUT2D eigenvalue weighted by Gasteiger charge is -2.22. The molecule has 4 rings (SSSR count). The molecule has 1 aromatic carbocycles. The van der Waals surface area contributed by atoms with Crippen LogP contribution in [0.15, 0.2) is 18.2 Å². The second-order valence-electron chi connectivity index (χ2n) is 7.38. The third-order valence-electron chi connectivity index (χ3n) is 5.91. The van der Waals surface area contributed by atoms with Gasteiger partial charge >= 0.3 is 0 Å². The molecule has 2 aliphatic heterocycles. The highest BCUT2D eigenvalue weighted by Gasteiger charge is 2.46.